The lowest BCUT2D eigenvalue weighted by Gasteiger charge is -2.12. The molecule has 3 aromatic heterocycles. The number of halogens is 2. The number of fused-ring (bicyclic) bond motifs is 3. The van der Waals surface area contributed by atoms with Crippen molar-refractivity contribution in [1.29, 1.82) is 0 Å². The van der Waals surface area contributed by atoms with E-state index in [2.05, 4.69) is 15.0 Å². The minimum atomic E-state index is -0.854. The van der Waals surface area contributed by atoms with Gasteiger partial charge in [-0.25, -0.2) is 32.9 Å². The molecule has 0 aliphatic heterocycles. The van der Waals surface area contributed by atoms with Crippen LogP contribution >= 0.6 is 11.8 Å². The van der Waals surface area contributed by atoms with Crippen molar-refractivity contribution in [2.24, 2.45) is 0 Å². The van der Waals surface area contributed by atoms with E-state index in [1.54, 1.807) is 6.26 Å². The first kappa shape index (κ1) is 14.8. The number of nitrogens with zero attached hydrogens (tertiary/aromatic N) is 5. The summed E-state index contributed by atoms with van der Waals surface area (Å²) < 4.78 is 30.6. The van der Waals surface area contributed by atoms with Crippen LogP contribution in [0.15, 0.2) is 46.7 Å². The van der Waals surface area contributed by atoms with Crippen molar-refractivity contribution < 1.29 is 8.78 Å². The minimum Gasteiger partial charge on any atom is -0.267 e. The van der Waals surface area contributed by atoms with Crippen molar-refractivity contribution in [3.63, 3.8) is 0 Å². The molecule has 0 spiro atoms. The van der Waals surface area contributed by atoms with E-state index in [1.165, 1.54) is 40.9 Å². The topological polar surface area (TPSA) is 65.1 Å². The van der Waals surface area contributed by atoms with Gasteiger partial charge in [0.15, 0.2) is 22.4 Å². The van der Waals surface area contributed by atoms with Crippen LogP contribution in [-0.4, -0.2) is 30.4 Å². The predicted molar refractivity (Wildman–Crippen MR) is 85.6 cm³/mol. The highest BCUT2D eigenvalue weighted by Gasteiger charge is 2.19. The minimum absolute atomic E-state index is 0.133. The van der Waals surface area contributed by atoms with E-state index < -0.39 is 22.9 Å². The van der Waals surface area contributed by atoms with Crippen molar-refractivity contribution in [2.45, 2.75) is 5.16 Å². The third-order valence-electron chi connectivity index (χ3n) is 3.57. The molecule has 0 radical (unpaired) electrons. The molecule has 24 heavy (non-hydrogen) atoms. The van der Waals surface area contributed by atoms with Gasteiger partial charge in [-0.1, -0.05) is 17.8 Å². The van der Waals surface area contributed by atoms with Crippen molar-refractivity contribution in [3.05, 3.63) is 58.8 Å². The van der Waals surface area contributed by atoms with Crippen LogP contribution in [0, 0.1) is 11.6 Å². The number of benzene rings is 1. The molecule has 0 fully saturated rings. The average molecular weight is 345 g/mol. The normalized spacial score (nSPS) is 11.5. The van der Waals surface area contributed by atoms with Crippen LogP contribution < -0.4 is 5.56 Å². The highest BCUT2D eigenvalue weighted by Crippen LogP contribution is 2.21. The summed E-state index contributed by atoms with van der Waals surface area (Å²) in [4.78, 5) is 25.4. The fraction of sp³-hybridized carbons (Fsp3) is 0.0667. The summed E-state index contributed by atoms with van der Waals surface area (Å²) in [5.41, 5.74) is -0.462. The Morgan fingerprint density at radius 1 is 1.17 bits per heavy atom. The second-order valence-corrected chi connectivity index (χ2v) is 5.68. The first-order chi connectivity index (χ1) is 11.6. The predicted octanol–water partition coefficient (Wildman–Crippen LogP) is 2.43. The third kappa shape index (κ3) is 2.01. The van der Waals surface area contributed by atoms with Crippen molar-refractivity contribution in [2.75, 3.05) is 6.26 Å². The van der Waals surface area contributed by atoms with Gasteiger partial charge in [0.2, 0.25) is 0 Å². The van der Waals surface area contributed by atoms with Crippen molar-refractivity contribution >= 4 is 28.3 Å². The Labute approximate surface area is 137 Å². The van der Waals surface area contributed by atoms with Gasteiger partial charge >= 0.3 is 0 Å². The quantitative estimate of drug-likeness (QED) is 0.412. The van der Waals surface area contributed by atoms with E-state index >= 15 is 0 Å². The van der Waals surface area contributed by atoms with Gasteiger partial charge in [0.05, 0.1) is 5.39 Å². The lowest BCUT2D eigenvalue weighted by Crippen LogP contribution is -2.27. The van der Waals surface area contributed by atoms with Crippen LogP contribution in [0.4, 0.5) is 8.78 Å². The molecule has 120 valence electrons. The Morgan fingerprint density at radius 2 is 1.92 bits per heavy atom. The number of imidazole rings is 1. The first-order valence-electron chi connectivity index (χ1n) is 6.85. The summed E-state index contributed by atoms with van der Waals surface area (Å²) in [6.07, 6.45) is 6.04. The first-order valence-corrected chi connectivity index (χ1v) is 8.08. The molecule has 0 amide bonds. The number of rotatable bonds is 2. The Balaban J connectivity index is 2.23. The number of thioether (sulfide) groups is 1. The fourth-order valence-corrected chi connectivity index (χ4v) is 2.87. The van der Waals surface area contributed by atoms with Gasteiger partial charge in [0, 0.05) is 18.6 Å². The Morgan fingerprint density at radius 3 is 2.62 bits per heavy atom. The lowest BCUT2D eigenvalue weighted by atomic mass is 10.2. The summed E-state index contributed by atoms with van der Waals surface area (Å²) in [5, 5.41) is 0.607. The molecule has 4 aromatic rings. The smallest absolute Gasteiger partial charge is 0.267 e. The molecular formula is C15H9F2N5OS. The molecule has 0 saturated carbocycles. The monoisotopic (exact) mass is 345 g/mol. The van der Waals surface area contributed by atoms with Gasteiger partial charge < -0.3 is 0 Å². The number of para-hydroxylation sites is 1. The molecule has 0 saturated heterocycles. The second kappa shape index (κ2) is 5.38. The van der Waals surface area contributed by atoms with Crippen LogP contribution in [-0.2, 0) is 0 Å². The van der Waals surface area contributed by atoms with Gasteiger partial charge in [-0.3, -0.25) is 4.79 Å². The molecule has 0 aliphatic carbocycles. The Hall–Kier alpha value is -2.81. The molecule has 4 rings (SSSR count). The van der Waals surface area contributed by atoms with Gasteiger partial charge in [-0.05, 0) is 18.4 Å². The van der Waals surface area contributed by atoms with Crippen LogP contribution in [0.3, 0.4) is 0 Å². The SMILES string of the molecule is CSc1ncc2c(=O)n(-c3c(F)cccc3F)n3ccnc3c2n1. The van der Waals surface area contributed by atoms with E-state index in [0.717, 1.165) is 16.8 Å². The molecule has 0 bridgehead atoms. The molecule has 0 unspecified atom stereocenters. The maximum atomic E-state index is 14.2. The van der Waals surface area contributed by atoms with Crippen LogP contribution in [0.2, 0.25) is 0 Å². The number of hydrogen-bond donors (Lipinski definition) is 0. The van der Waals surface area contributed by atoms with Crippen LogP contribution in [0.25, 0.3) is 22.2 Å². The summed E-state index contributed by atoms with van der Waals surface area (Å²) in [5.74, 6) is -1.71. The third-order valence-corrected chi connectivity index (χ3v) is 4.13. The van der Waals surface area contributed by atoms with E-state index in [0.29, 0.717) is 16.3 Å². The van der Waals surface area contributed by atoms with Gasteiger partial charge in [-0.15, -0.1) is 0 Å². The van der Waals surface area contributed by atoms with E-state index in [-0.39, 0.29) is 5.39 Å². The lowest BCUT2D eigenvalue weighted by molar-refractivity contribution is 0.548. The zero-order chi connectivity index (χ0) is 16.8. The summed E-state index contributed by atoms with van der Waals surface area (Å²) in [6, 6.07) is 3.41. The zero-order valence-corrected chi connectivity index (χ0v) is 13.1. The molecule has 6 nitrogen and oxygen atoms in total. The molecule has 1 aromatic carbocycles. The standard InChI is InChI=1S/C15H9F2N5OS/c1-24-15-19-7-8-11(20-15)13-18-5-6-21(13)22(14(8)23)12-9(16)3-2-4-10(12)17/h2-7H,1H3. The molecule has 0 N–H and O–H groups in total. The fourth-order valence-electron chi connectivity index (χ4n) is 2.53. The average Bonchev–Trinajstić information content (AvgIpc) is 3.06. The Bertz CT molecular complexity index is 1130. The molecule has 9 heteroatoms. The number of hydrogen-bond acceptors (Lipinski definition) is 5. The van der Waals surface area contributed by atoms with Gasteiger partial charge in [0.25, 0.3) is 5.56 Å². The van der Waals surface area contributed by atoms with Crippen LogP contribution in [0.5, 0.6) is 0 Å². The van der Waals surface area contributed by atoms with E-state index in [4.69, 9.17) is 0 Å². The van der Waals surface area contributed by atoms with E-state index in [1.807, 2.05) is 0 Å². The van der Waals surface area contributed by atoms with E-state index in [9.17, 15) is 13.6 Å². The Kier molecular flexibility index (Phi) is 3.31. The maximum Gasteiger partial charge on any atom is 0.281 e. The summed E-state index contributed by atoms with van der Waals surface area (Å²) in [6.45, 7) is 0. The van der Waals surface area contributed by atoms with Crippen molar-refractivity contribution in [1.82, 2.24) is 24.1 Å². The number of aromatic nitrogens is 5. The summed E-state index contributed by atoms with van der Waals surface area (Å²) >= 11 is 1.32. The zero-order valence-electron chi connectivity index (χ0n) is 12.3. The highest BCUT2D eigenvalue weighted by molar-refractivity contribution is 7.98. The molecule has 0 aliphatic rings. The van der Waals surface area contributed by atoms with Crippen molar-refractivity contribution in [3.8, 4) is 5.69 Å². The summed E-state index contributed by atoms with van der Waals surface area (Å²) in [7, 11) is 0. The maximum absolute atomic E-state index is 14.2. The molecule has 3 heterocycles. The molecular weight excluding hydrogens is 336 g/mol. The largest absolute Gasteiger partial charge is 0.281 e. The second-order valence-electron chi connectivity index (χ2n) is 4.90. The van der Waals surface area contributed by atoms with Crippen LogP contribution in [0.1, 0.15) is 0 Å². The molecule has 0 atom stereocenters. The van der Waals surface area contributed by atoms with Gasteiger partial charge in [0.1, 0.15) is 11.2 Å². The van der Waals surface area contributed by atoms with Gasteiger partial charge in [-0.2, -0.15) is 0 Å². The highest BCUT2D eigenvalue weighted by atomic mass is 32.2.